The summed E-state index contributed by atoms with van der Waals surface area (Å²) in [5.74, 6) is -0.285. The summed E-state index contributed by atoms with van der Waals surface area (Å²) in [4.78, 5) is 21.0. The number of rotatable bonds is 6. The summed E-state index contributed by atoms with van der Waals surface area (Å²) < 4.78 is 16.6. The maximum atomic E-state index is 15.0. The van der Waals surface area contributed by atoms with E-state index in [1.165, 1.54) is 18.3 Å². The average Bonchev–Trinajstić information content (AvgIpc) is 3.21. The Hall–Kier alpha value is -4.29. The number of nitrogens with zero attached hydrogens (tertiary/aromatic N) is 5. The molecule has 2 heterocycles. The molecular weight excluding hydrogens is 445 g/mol. The molecule has 2 N–H and O–H groups in total. The Kier molecular flexibility index (Phi) is 6.29. The van der Waals surface area contributed by atoms with Gasteiger partial charge in [0.2, 0.25) is 11.9 Å². The van der Waals surface area contributed by atoms with Gasteiger partial charge < -0.3 is 10.6 Å². The van der Waals surface area contributed by atoms with Crippen molar-refractivity contribution in [2.75, 3.05) is 10.6 Å². The van der Waals surface area contributed by atoms with Gasteiger partial charge in [-0.25, -0.2) is 14.4 Å². The van der Waals surface area contributed by atoms with E-state index >= 15 is 0 Å². The van der Waals surface area contributed by atoms with Crippen molar-refractivity contribution in [3.8, 4) is 17.3 Å². The van der Waals surface area contributed by atoms with Gasteiger partial charge in [0.1, 0.15) is 17.7 Å². The maximum Gasteiger partial charge on any atom is 0.228 e. The Morgan fingerprint density at radius 3 is 2.76 bits per heavy atom. The van der Waals surface area contributed by atoms with Crippen molar-refractivity contribution in [1.82, 2.24) is 19.7 Å². The third-order valence-corrected chi connectivity index (χ3v) is 5.16. The van der Waals surface area contributed by atoms with Gasteiger partial charge in [0.25, 0.3) is 0 Å². The zero-order valence-electron chi connectivity index (χ0n) is 17.4. The van der Waals surface area contributed by atoms with Crippen LogP contribution in [0.15, 0.2) is 60.9 Å². The van der Waals surface area contributed by atoms with E-state index in [-0.39, 0.29) is 23.6 Å². The standard InChI is InChI=1S/C23H17ClFN7O/c1-32-20(7-9-28-32)30-23-27-8-6-19(29-23)15-10-16(13-26)22(18(25)11-15)31-21(33)12-14-4-2-3-5-17(14)24/h2-11H,12H2,1H3,(H,31,33)(H,27,29,30). The smallest absolute Gasteiger partial charge is 0.228 e. The number of benzene rings is 2. The zero-order chi connectivity index (χ0) is 23.4. The number of halogens is 2. The highest BCUT2D eigenvalue weighted by Gasteiger charge is 2.17. The molecule has 0 saturated heterocycles. The van der Waals surface area contributed by atoms with Crippen LogP contribution in [0.25, 0.3) is 11.3 Å². The van der Waals surface area contributed by atoms with Gasteiger partial charge >= 0.3 is 0 Å². The Morgan fingerprint density at radius 1 is 1.21 bits per heavy atom. The number of nitriles is 1. The molecule has 0 fully saturated rings. The number of hydrogen-bond donors (Lipinski definition) is 2. The van der Waals surface area contributed by atoms with E-state index in [0.29, 0.717) is 27.7 Å². The highest BCUT2D eigenvalue weighted by Crippen LogP contribution is 2.28. The fourth-order valence-corrected chi connectivity index (χ4v) is 3.36. The van der Waals surface area contributed by atoms with E-state index in [0.717, 1.165) is 0 Å². The normalized spacial score (nSPS) is 10.5. The highest BCUT2D eigenvalue weighted by atomic mass is 35.5. The number of carbonyl (C=O) groups is 1. The summed E-state index contributed by atoms with van der Waals surface area (Å²) in [6.07, 6.45) is 3.09. The first-order valence-corrected chi connectivity index (χ1v) is 10.2. The molecule has 0 spiro atoms. The van der Waals surface area contributed by atoms with Gasteiger partial charge in [-0.2, -0.15) is 10.4 Å². The fourth-order valence-electron chi connectivity index (χ4n) is 3.16. The lowest BCUT2D eigenvalue weighted by Crippen LogP contribution is -2.16. The highest BCUT2D eigenvalue weighted by molar-refractivity contribution is 6.31. The van der Waals surface area contributed by atoms with E-state index in [1.54, 1.807) is 54.3 Å². The predicted molar refractivity (Wildman–Crippen MR) is 122 cm³/mol. The second-order valence-electron chi connectivity index (χ2n) is 7.04. The Bertz CT molecular complexity index is 1380. The van der Waals surface area contributed by atoms with Crippen molar-refractivity contribution in [1.29, 1.82) is 5.26 Å². The SMILES string of the molecule is Cn1nccc1Nc1nccc(-c2cc(F)c(NC(=O)Cc3ccccc3Cl)c(C#N)c2)n1. The van der Waals surface area contributed by atoms with E-state index in [2.05, 4.69) is 25.7 Å². The van der Waals surface area contributed by atoms with Crippen LogP contribution in [0.4, 0.5) is 21.8 Å². The summed E-state index contributed by atoms with van der Waals surface area (Å²) in [6, 6.07) is 14.8. The van der Waals surface area contributed by atoms with E-state index in [9.17, 15) is 14.4 Å². The molecule has 8 nitrogen and oxygen atoms in total. The van der Waals surface area contributed by atoms with Gasteiger partial charge in [-0.1, -0.05) is 29.8 Å². The summed E-state index contributed by atoms with van der Waals surface area (Å²) in [7, 11) is 1.76. The molecule has 2 aromatic carbocycles. The van der Waals surface area contributed by atoms with Crippen molar-refractivity contribution < 1.29 is 9.18 Å². The largest absolute Gasteiger partial charge is 0.322 e. The molecule has 33 heavy (non-hydrogen) atoms. The molecule has 0 aliphatic heterocycles. The van der Waals surface area contributed by atoms with Gasteiger partial charge in [-0.05, 0) is 29.8 Å². The average molecular weight is 462 g/mol. The van der Waals surface area contributed by atoms with E-state index in [1.807, 2.05) is 6.07 Å². The number of aromatic nitrogens is 4. The predicted octanol–water partition coefficient (Wildman–Crippen LogP) is 4.47. The molecule has 0 unspecified atom stereocenters. The van der Waals surface area contributed by atoms with Crippen molar-refractivity contribution >= 4 is 35.0 Å². The number of nitrogens with one attached hydrogen (secondary N) is 2. The molecule has 4 rings (SSSR count). The van der Waals surface area contributed by atoms with Crippen molar-refractivity contribution in [2.24, 2.45) is 7.05 Å². The topological polar surface area (TPSA) is 109 Å². The molecule has 0 aliphatic rings. The number of aryl methyl sites for hydroxylation is 1. The van der Waals surface area contributed by atoms with Crippen molar-refractivity contribution in [2.45, 2.75) is 6.42 Å². The lowest BCUT2D eigenvalue weighted by atomic mass is 10.1. The second-order valence-corrected chi connectivity index (χ2v) is 7.45. The Balaban J connectivity index is 1.58. The van der Waals surface area contributed by atoms with Crippen LogP contribution in [-0.2, 0) is 18.3 Å². The maximum absolute atomic E-state index is 15.0. The van der Waals surface area contributed by atoms with Crippen LogP contribution in [0.5, 0.6) is 0 Å². The lowest BCUT2D eigenvalue weighted by Gasteiger charge is -2.12. The minimum Gasteiger partial charge on any atom is -0.322 e. The van der Waals surface area contributed by atoms with Crippen molar-refractivity contribution in [3.05, 3.63) is 82.9 Å². The number of amides is 1. The molecule has 2 aromatic heterocycles. The van der Waals surface area contributed by atoms with Crippen LogP contribution in [0, 0.1) is 17.1 Å². The summed E-state index contributed by atoms with van der Waals surface area (Å²) >= 11 is 6.09. The second kappa shape index (κ2) is 9.46. The molecular formula is C23H17ClFN7O. The lowest BCUT2D eigenvalue weighted by molar-refractivity contribution is -0.115. The summed E-state index contributed by atoms with van der Waals surface area (Å²) in [6.45, 7) is 0. The number of hydrogen-bond acceptors (Lipinski definition) is 6. The van der Waals surface area contributed by atoms with Gasteiger partial charge in [-0.15, -0.1) is 0 Å². The molecule has 4 aromatic rings. The van der Waals surface area contributed by atoms with Crippen molar-refractivity contribution in [3.63, 3.8) is 0 Å². The molecule has 0 atom stereocenters. The first kappa shape index (κ1) is 21.9. The molecule has 10 heteroatoms. The Labute approximate surface area is 193 Å². The first-order valence-electron chi connectivity index (χ1n) is 9.80. The van der Waals surface area contributed by atoms with Crippen LogP contribution >= 0.6 is 11.6 Å². The minimum atomic E-state index is -0.753. The van der Waals surface area contributed by atoms with Gasteiger partial charge in [0, 0.05) is 29.9 Å². The van der Waals surface area contributed by atoms with E-state index in [4.69, 9.17) is 11.6 Å². The summed E-state index contributed by atoms with van der Waals surface area (Å²) in [5, 5.41) is 19.6. The molecule has 0 saturated carbocycles. The van der Waals surface area contributed by atoms with Crippen LogP contribution in [0.1, 0.15) is 11.1 Å². The van der Waals surface area contributed by atoms with Crippen LogP contribution in [-0.4, -0.2) is 25.7 Å². The molecule has 164 valence electrons. The number of carbonyl (C=O) groups excluding carboxylic acids is 1. The van der Waals surface area contributed by atoms with Gasteiger partial charge in [-0.3, -0.25) is 9.48 Å². The van der Waals surface area contributed by atoms with Crippen LogP contribution < -0.4 is 10.6 Å². The zero-order valence-corrected chi connectivity index (χ0v) is 18.1. The molecule has 1 amide bonds. The third kappa shape index (κ3) is 4.97. The summed E-state index contributed by atoms with van der Waals surface area (Å²) in [5.41, 5.74) is 1.14. The van der Waals surface area contributed by atoms with E-state index < -0.39 is 11.7 Å². The number of anilines is 3. The monoisotopic (exact) mass is 461 g/mol. The third-order valence-electron chi connectivity index (χ3n) is 4.80. The quantitative estimate of drug-likeness (QED) is 0.438. The molecule has 0 radical (unpaired) electrons. The van der Waals surface area contributed by atoms with Gasteiger partial charge in [0.15, 0.2) is 0 Å². The van der Waals surface area contributed by atoms with Crippen LogP contribution in [0.2, 0.25) is 5.02 Å². The first-order chi connectivity index (χ1) is 15.9. The van der Waals surface area contributed by atoms with Gasteiger partial charge in [0.05, 0.1) is 29.6 Å². The molecule has 0 aliphatic carbocycles. The Morgan fingerprint density at radius 2 is 2.03 bits per heavy atom. The fraction of sp³-hybridized carbons (Fsp3) is 0.0870. The minimum absolute atomic E-state index is 0.0303. The van der Waals surface area contributed by atoms with Crippen LogP contribution in [0.3, 0.4) is 0 Å². The molecule has 0 bridgehead atoms.